The standard InChI is InChI=1S/C14H16N2O3/c1-9(8-17)7-15-13-6-5-10-11(14(18)19)3-2-4-12(10)16-13/h2-6,9,17H,7-8H2,1H3,(H,15,16)(H,18,19). The molecule has 0 spiro atoms. The maximum absolute atomic E-state index is 11.1. The number of hydrogen-bond acceptors (Lipinski definition) is 4. The minimum absolute atomic E-state index is 0.115. The highest BCUT2D eigenvalue weighted by Crippen LogP contribution is 2.19. The Hall–Kier alpha value is -2.14. The SMILES string of the molecule is CC(CO)CNc1ccc2c(C(=O)O)cccc2n1. The number of aromatic carboxylic acids is 1. The minimum Gasteiger partial charge on any atom is -0.478 e. The predicted molar refractivity (Wildman–Crippen MR) is 73.4 cm³/mol. The van der Waals surface area contributed by atoms with E-state index in [1.165, 1.54) is 0 Å². The van der Waals surface area contributed by atoms with Crippen molar-refractivity contribution in [3.63, 3.8) is 0 Å². The molecule has 19 heavy (non-hydrogen) atoms. The number of aromatic nitrogens is 1. The molecule has 2 rings (SSSR count). The number of nitrogens with one attached hydrogen (secondary N) is 1. The van der Waals surface area contributed by atoms with Crippen LogP contribution < -0.4 is 5.32 Å². The molecule has 1 aromatic carbocycles. The fourth-order valence-corrected chi connectivity index (χ4v) is 1.78. The Kier molecular flexibility index (Phi) is 3.97. The van der Waals surface area contributed by atoms with Gasteiger partial charge in [0.1, 0.15) is 5.82 Å². The van der Waals surface area contributed by atoms with Crippen LogP contribution in [-0.4, -0.2) is 34.3 Å². The number of carbonyl (C=O) groups is 1. The molecule has 5 nitrogen and oxygen atoms in total. The number of pyridine rings is 1. The maximum atomic E-state index is 11.1. The number of nitrogens with zero attached hydrogens (tertiary/aromatic N) is 1. The highest BCUT2D eigenvalue weighted by molar-refractivity contribution is 6.02. The largest absolute Gasteiger partial charge is 0.478 e. The third kappa shape index (κ3) is 3.00. The molecular formula is C14H16N2O3. The van der Waals surface area contributed by atoms with Crippen molar-refractivity contribution < 1.29 is 15.0 Å². The molecule has 0 aliphatic carbocycles. The van der Waals surface area contributed by atoms with Crippen molar-refractivity contribution in [1.29, 1.82) is 0 Å². The highest BCUT2D eigenvalue weighted by atomic mass is 16.4. The van der Waals surface area contributed by atoms with Gasteiger partial charge in [-0.05, 0) is 30.2 Å². The zero-order chi connectivity index (χ0) is 13.8. The molecule has 2 aromatic rings. The van der Waals surface area contributed by atoms with Crippen LogP contribution in [0.5, 0.6) is 0 Å². The minimum atomic E-state index is -0.956. The first-order chi connectivity index (χ1) is 9.11. The van der Waals surface area contributed by atoms with Gasteiger partial charge < -0.3 is 15.5 Å². The lowest BCUT2D eigenvalue weighted by Crippen LogP contribution is -2.15. The molecule has 0 aliphatic rings. The van der Waals surface area contributed by atoms with E-state index in [9.17, 15) is 4.79 Å². The average Bonchev–Trinajstić information content (AvgIpc) is 2.43. The van der Waals surface area contributed by atoms with E-state index in [2.05, 4.69) is 10.3 Å². The molecule has 1 heterocycles. The van der Waals surface area contributed by atoms with Gasteiger partial charge in [-0.1, -0.05) is 13.0 Å². The van der Waals surface area contributed by atoms with Crippen LogP contribution in [0.3, 0.4) is 0 Å². The first-order valence-corrected chi connectivity index (χ1v) is 6.09. The van der Waals surface area contributed by atoms with Crippen molar-refractivity contribution in [3.8, 4) is 0 Å². The molecule has 0 saturated heterocycles. The summed E-state index contributed by atoms with van der Waals surface area (Å²) in [6.07, 6.45) is 0. The molecule has 0 amide bonds. The average molecular weight is 260 g/mol. The topological polar surface area (TPSA) is 82.5 Å². The Labute approximate surface area is 110 Å². The van der Waals surface area contributed by atoms with E-state index in [-0.39, 0.29) is 18.1 Å². The summed E-state index contributed by atoms with van der Waals surface area (Å²) in [5.74, 6) is -0.139. The number of aliphatic hydroxyl groups excluding tert-OH is 1. The summed E-state index contributed by atoms with van der Waals surface area (Å²) in [4.78, 5) is 15.5. The van der Waals surface area contributed by atoms with Crippen LogP contribution in [0.2, 0.25) is 0 Å². The Morgan fingerprint density at radius 1 is 1.37 bits per heavy atom. The first-order valence-electron chi connectivity index (χ1n) is 6.09. The van der Waals surface area contributed by atoms with Gasteiger partial charge in [-0.2, -0.15) is 0 Å². The van der Waals surface area contributed by atoms with Crippen LogP contribution in [0.25, 0.3) is 10.9 Å². The Bertz CT molecular complexity index is 598. The van der Waals surface area contributed by atoms with Gasteiger partial charge in [0.2, 0.25) is 0 Å². The number of anilines is 1. The summed E-state index contributed by atoms with van der Waals surface area (Å²) in [6, 6.07) is 8.52. The predicted octanol–water partition coefficient (Wildman–Crippen LogP) is 1.97. The van der Waals surface area contributed by atoms with Crippen LogP contribution in [0.15, 0.2) is 30.3 Å². The van der Waals surface area contributed by atoms with E-state index in [1.54, 1.807) is 30.3 Å². The van der Waals surface area contributed by atoms with Crippen LogP contribution in [-0.2, 0) is 0 Å². The molecule has 100 valence electrons. The lowest BCUT2D eigenvalue weighted by Gasteiger charge is -2.11. The zero-order valence-corrected chi connectivity index (χ0v) is 10.6. The second kappa shape index (κ2) is 5.67. The summed E-state index contributed by atoms with van der Waals surface area (Å²) in [5, 5.41) is 21.8. The van der Waals surface area contributed by atoms with Gasteiger partial charge in [-0.3, -0.25) is 0 Å². The van der Waals surface area contributed by atoms with E-state index in [0.717, 1.165) is 0 Å². The van der Waals surface area contributed by atoms with Gasteiger partial charge in [0, 0.05) is 18.5 Å². The van der Waals surface area contributed by atoms with E-state index in [0.29, 0.717) is 23.3 Å². The number of hydrogen-bond donors (Lipinski definition) is 3. The Morgan fingerprint density at radius 2 is 2.16 bits per heavy atom. The molecule has 0 saturated carbocycles. The molecule has 0 bridgehead atoms. The summed E-state index contributed by atoms with van der Waals surface area (Å²) in [5.41, 5.74) is 0.891. The lowest BCUT2D eigenvalue weighted by atomic mass is 10.1. The van der Waals surface area contributed by atoms with Gasteiger partial charge in [-0.15, -0.1) is 0 Å². The van der Waals surface area contributed by atoms with Crippen molar-refractivity contribution in [2.24, 2.45) is 5.92 Å². The fourth-order valence-electron chi connectivity index (χ4n) is 1.78. The van der Waals surface area contributed by atoms with Gasteiger partial charge in [0.25, 0.3) is 0 Å². The lowest BCUT2D eigenvalue weighted by molar-refractivity contribution is 0.0699. The monoisotopic (exact) mass is 260 g/mol. The quantitative estimate of drug-likeness (QED) is 0.765. The molecule has 0 aliphatic heterocycles. The van der Waals surface area contributed by atoms with E-state index in [1.807, 2.05) is 6.92 Å². The number of rotatable bonds is 5. The van der Waals surface area contributed by atoms with Gasteiger partial charge in [-0.25, -0.2) is 9.78 Å². The zero-order valence-electron chi connectivity index (χ0n) is 10.6. The van der Waals surface area contributed by atoms with E-state index in [4.69, 9.17) is 10.2 Å². The summed E-state index contributed by atoms with van der Waals surface area (Å²) < 4.78 is 0. The molecule has 0 radical (unpaired) electrons. The Balaban J connectivity index is 2.29. The summed E-state index contributed by atoms with van der Waals surface area (Å²) in [7, 11) is 0. The smallest absolute Gasteiger partial charge is 0.336 e. The van der Waals surface area contributed by atoms with Crippen LogP contribution in [0.1, 0.15) is 17.3 Å². The normalized spacial score (nSPS) is 12.3. The van der Waals surface area contributed by atoms with Crippen molar-refractivity contribution >= 4 is 22.7 Å². The fraction of sp³-hybridized carbons (Fsp3) is 0.286. The molecular weight excluding hydrogens is 244 g/mol. The molecule has 1 atom stereocenters. The van der Waals surface area contributed by atoms with Crippen molar-refractivity contribution in [3.05, 3.63) is 35.9 Å². The van der Waals surface area contributed by atoms with Crippen molar-refractivity contribution in [2.45, 2.75) is 6.92 Å². The Morgan fingerprint density at radius 3 is 2.84 bits per heavy atom. The van der Waals surface area contributed by atoms with Crippen LogP contribution in [0, 0.1) is 5.92 Å². The molecule has 0 fully saturated rings. The molecule has 1 aromatic heterocycles. The first kappa shape index (κ1) is 13.3. The number of aliphatic hydroxyl groups is 1. The molecule has 5 heteroatoms. The molecule has 3 N–H and O–H groups in total. The number of carboxylic acid groups (broad SMARTS) is 1. The number of fused-ring (bicyclic) bond motifs is 1. The van der Waals surface area contributed by atoms with Crippen molar-refractivity contribution in [2.75, 3.05) is 18.5 Å². The van der Waals surface area contributed by atoms with Crippen LogP contribution in [0.4, 0.5) is 5.82 Å². The van der Waals surface area contributed by atoms with Gasteiger partial charge >= 0.3 is 5.97 Å². The van der Waals surface area contributed by atoms with E-state index < -0.39 is 5.97 Å². The molecule has 1 unspecified atom stereocenters. The summed E-state index contributed by atoms with van der Waals surface area (Å²) in [6.45, 7) is 2.66. The van der Waals surface area contributed by atoms with E-state index >= 15 is 0 Å². The second-order valence-electron chi connectivity index (χ2n) is 4.54. The summed E-state index contributed by atoms with van der Waals surface area (Å²) >= 11 is 0. The van der Waals surface area contributed by atoms with Gasteiger partial charge in [0.15, 0.2) is 0 Å². The third-order valence-electron chi connectivity index (χ3n) is 2.91. The van der Waals surface area contributed by atoms with Gasteiger partial charge in [0.05, 0.1) is 11.1 Å². The number of carboxylic acids is 1. The third-order valence-corrected chi connectivity index (χ3v) is 2.91. The maximum Gasteiger partial charge on any atom is 0.336 e. The highest BCUT2D eigenvalue weighted by Gasteiger charge is 2.09. The number of benzene rings is 1. The van der Waals surface area contributed by atoms with Crippen LogP contribution >= 0.6 is 0 Å². The van der Waals surface area contributed by atoms with Crippen molar-refractivity contribution in [1.82, 2.24) is 4.98 Å². The second-order valence-corrected chi connectivity index (χ2v) is 4.54.